The molecule has 0 aromatic carbocycles. The van der Waals surface area contributed by atoms with E-state index in [0.29, 0.717) is 0 Å². The summed E-state index contributed by atoms with van der Waals surface area (Å²) in [4.78, 5) is 2.48. The molecule has 0 atom stereocenters. The second kappa shape index (κ2) is 4.79. The van der Waals surface area contributed by atoms with Crippen molar-refractivity contribution in [3.05, 3.63) is 17.5 Å². The third kappa shape index (κ3) is 2.81. The molecule has 1 aromatic heterocycles. The Bertz CT molecular complexity index is 300. The van der Waals surface area contributed by atoms with Crippen LogP contribution in [0.25, 0.3) is 0 Å². The van der Waals surface area contributed by atoms with Crippen molar-refractivity contribution in [2.45, 2.75) is 39.7 Å². The van der Waals surface area contributed by atoms with Gasteiger partial charge in [0.25, 0.3) is 0 Å². The van der Waals surface area contributed by atoms with Crippen LogP contribution in [0.3, 0.4) is 0 Å². The smallest absolute Gasteiger partial charge is 0.133 e. The van der Waals surface area contributed by atoms with Gasteiger partial charge in [-0.15, -0.1) is 0 Å². The van der Waals surface area contributed by atoms with Crippen LogP contribution in [0.5, 0.6) is 0 Å². The summed E-state index contributed by atoms with van der Waals surface area (Å²) >= 11 is 0. The second-order valence-electron chi connectivity index (χ2n) is 4.56. The SMILES string of the molecule is CCC1CCN(Cc2cc(C)on2)CC1. The van der Waals surface area contributed by atoms with Crippen LogP contribution < -0.4 is 0 Å². The number of hydrogen-bond donors (Lipinski definition) is 0. The normalized spacial score (nSPS) is 19.6. The van der Waals surface area contributed by atoms with Gasteiger partial charge in [0.2, 0.25) is 0 Å². The molecular weight excluding hydrogens is 188 g/mol. The minimum Gasteiger partial charge on any atom is -0.361 e. The molecule has 1 aliphatic rings. The zero-order chi connectivity index (χ0) is 10.7. The highest BCUT2D eigenvalue weighted by Crippen LogP contribution is 2.21. The van der Waals surface area contributed by atoms with E-state index in [1.54, 1.807) is 0 Å². The van der Waals surface area contributed by atoms with Gasteiger partial charge in [0.1, 0.15) is 5.76 Å². The average Bonchev–Trinajstić information content (AvgIpc) is 2.65. The summed E-state index contributed by atoms with van der Waals surface area (Å²) in [5, 5.41) is 4.03. The van der Waals surface area contributed by atoms with Crippen LogP contribution >= 0.6 is 0 Å². The summed E-state index contributed by atoms with van der Waals surface area (Å²) in [5.74, 6) is 1.86. The summed E-state index contributed by atoms with van der Waals surface area (Å²) in [6.45, 7) is 7.61. The lowest BCUT2D eigenvalue weighted by atomic mass is 9.94. The van der Waals surface area contributed by atoms with Crippen molar-refractivity contribution in [1.29, 1.82) is 0 Å². The van der Waals surface area contributed by atoms with Gasteiger partial charge in [0.15, 0.2) is 0 Å². The van der Waals surface area contributed by atoms with Gasteiger partial charge >= 0.3 is 0 Å². The minimum absolute atomic E-state index is 0.911. The van der Waals surface area contributed by atoms with Crippen molar-refractivity contribution < 1.29 is 4.52 Å². The zero-order valence-electron chi connectivity index (χ0n) is 9.70. The molecule has 1 fully saturated rings. The molecule has 3 heteroatoms. The molecule has 0 bridgehead atoms. The molecule has 0 N–H and O–H groups in total. The van der Waals surface area contributed by atoms with E-state index >= 15 is 0 Å². The topological polar surface area (TPSA) is 29.3 Å². The number of aryl methyl sites for hydroxylation is 1. The number of hydrogen-bond acceptors (Lipinski definition) is 3. The van der Waals surface area contributed by atoms with Crippen LogP contribution in [0, 0.1) is 12.8 Å². The third-order valence-electron chi connectivity index (χ3n) is 3.35. The predicted molar refractivity (Wildman–Crippen MR) is 59.5 cm³/mol. The Hall–Kier alpha value is -0.830. The fourth-order valence-corrected chi connectivity index (χ4v) is 2.27. The van der Waals surface area contributed by atoms with Gasteiger partial charge in [0, 0.05) is 12.6 Å². The fraction of sp³-hybridized carbons (Fsp3) is 0.750. The standard InChI is InChI=1S/C12H20N2O/c1-3-11-4-6-14(7-5-11)9-12-8-10(2)15-13-12/h8,11H,3-7,9H2,1-2H3. The van der Waals surface area contributed by atoms with Crippen LogP contribution in [0.4, 0.5) is 0 Å². The van der Waals surface area contributed by atoms with Gasteiger partial charge in [-0.2, -0.15) is 0 Å². The minimum atomic E-state index is 0.911. The maximum absolute atomic E-state index is 5.07. The lowest BCUT2D eigenvalue weighted by Gasteiger charge is -2.30. The Morgan fingerprint density at radius 3 is 2.73 bits per heavy atom. The lowest BCUT2D eigenvalue weighted by Crippen LogP contribution is -2.33. The molecule has 0 radical (unpaired) electrons. The van der Waals surface area contributed by atoms with E-state index < -0.39 is 0 Å². The highest BCUT2D eigenvalue weighted by Gasteiger charge is 2.18. The number of aromatic nitrogens is 1. The average molecular weight is 208 g/mol. The molecule has 1 aliphatic heterocycles. The molecule has 2 heterocycles. The molecule has 0 saturated carbocycles. The number of likely N-dealkylation sites (tertiary alicyclic amines) is 1. The Morgan fingerprint density at radius 2 is 2.20 bits per heavy atom. The summed E-state index contributed by atoms with van der Waals surface area (Å²) in [6.07, 6.45) is 4.01. The molecule has 1 aromatic rings. The quantitative estimate of drug-likeness (QED) is 0.764. The van der Waals surface area contributed by atoms with Crippen molar-refractivity contribution in [1.82, 2.24) is 10.1 Å². The van der Waals surface area contributed by atoms with Crippen molar-refractivity contribution in [3.8, 4) is 0 Å². The second-order valence-corrected chi connectivity index (χ2v) is 4.56. The summed E-state index contributed by atoms with van der Waals surface area (Å²) in [5.41, 5.74) is 1.07. The Balaban J connectivity index is 1.82. The van der Waals surface area contributed by atoms with E-state index in [2.05, 4.69) is 17.0 Å². The molecule has 0 spiro atoms. The number of piperidine rings is 1. The van der Waals surface area contributed by atoms with Crippen LogP contribution in [-0.4, -0.2) is 23.1 Å². The van der Waals surface area contributed by atoms with Crippen LogP contribution in [0.15, 0.2) is 10.6 Å². The molecular formula is C12H20N2O. The molecule has 15 heavy (non-hydrogen) atoms. The maximum atomic E-state index is 5.07. The first-order valence-corrected chi connectivity index (χ1v) is 5.92. The maximum Gasteiger partial charge on any atom is 0.133 e. The molecule has 0 aliphatic carbocycles. The Kier molecular flexibility index (Phi) is 3.41. The number of rotatable bonds is 3. The largest absolute Gasteiger partial charge is 0.361 e. The van der Waals surface area contributed by atoms with E-state index in [0.717, 1.165) is 23.9 Å². The van der Waals surface area contributed by atoms with Crippen molar-refractivity contribution >= 4 is 0 Å². The van der Waals surface area contributed by atoms with Crippen molar-refractivity contribution in [2.24, 2.45) is 5.92 Å². The summed E-state index contributed by atoms with van der Waals surface area (Å²) in [7, 11) is 0. The zero-order valence-corrected chi connectivity index (χ0v) is 9.70. The fourth-order valence-electron chi connectivity index (χ4n) is 2.27. The predicted octanol–water partition coefficient (Wildman–Crippen LogP) is 2.61. The molecule has 84 valence electrons. The van der Waals surface area contributed by atoms with Crippen LogP contribution in [0.2, 0.25) is 0 Å². The van der Waals surface area contributed by atoms with Gasteiger partial charge in [-0.1, -0.05) is 18.5 Å². The van der Waals surface area contributed by atoms with Crippen molar-refractivity contribution in [3.63, 3.8) is 0 Å². The van der Waals surface area contributed by atoms with Gasteiger partial charge in [-0.05, 0) is 38.8 Å². The highest BCUT2D eigenvalue weighted by atomic mass is 16.5. The van der Waals surface area contributed by atoms with Crippen LogP contribution in [0.1, 0.15) is 37.6 Å². The first-order valence-electron chi connectivity index (χ1n) is 5.92. The molecule has 2 rings (SSSR count). The molecule has 1 saturated heterocycles. The molecule has 0 unspecified atom stereocenters. The van der Waals surface area contributed by atoms with Gasteiger partial charge in [0.05, 0.1) is 5.69 Å². The highest BCUT2D eigenvalue weighted by molar-refractivity contribution is 5.03. The van der Waals surface area contributed by atoms with Gasteiger partial charge < -0.3 is 4.52 Å². The monoisotopic (exact) mass is 208 g/mol. The van der Waals surface area contributed by atoms with E-state index in [1.807, 2.05) is 13.0 Å². The molecule has 3 nitrogen and oxygen atoms in total. The Labute approximate surface area is 91.4 Å². The number of nitrogens with zero attached hydrogens (tertiary/aromatic N) is 2. The Morgan fingerprint density at radius 1 is 1.47 bits per heavy atom. The molecule has 0 amide bonds. The lowest BCUT2D eigenvalue weighted by molar-refractivity contribution is 0.171. The first kappa shape index (κ1) is 10.7. The third-order valence-corrected chi connectivity index (χ3v) is 3.35. The summed E-state index contributed by atoms with van der Waals surface area (Å²) in [6, 6.07) is 2.03. The van der Waals surface area contributed by atoms with Gasteiger partial charge in [-0.3, -0.25) is 4.90 Å². The van der Waals surface area contributed by atoms with E-state index in [-0.39, 0.29) is 0 Å². The van der Waals surface area contributed by atoms with Gasteiger partial charge in [-0.25, -0.2) is 0 Å². The van der Waals surface area contributed by atoms with E-state index in [4.69, 9.17) is 4.52 Å². The van der Waals surface area contributed by atoms with Crippen molar-refractivity contribution in [2.75, 3.05) is 13.1 Å². The van der Waals surface area contributed by atoms with E-state index in [1.165, 1.54) is 32.4 Å². The first-order chi connectivity index (χ1) is 7.28. The van der Waals surface area contributed by atoms with Crippen LogP contribution in [-0.2, 0) is 6.54 Å². The summed E-state index contributed by atoms with van der Waals surface area (Å²) < 4.78 is 5.07. The van der Waals surface area contributed by atoms with E-state index in [9.17, 15) is 0 Å².